The molecular formula is C16H19F3N4O2. The summed E-state index contributed by atoms with van der Waals surface area (Å²) in [4.78, 5) is 11.0. The lowest BCUT2D eigenvalue weighted by Crippen LogP contribution is -2.29. The van der Waals surface area contributed by atoms with E-state index in [0.717, 1.165) is 31.7 Å². The number of aromatic nitrogens is 2. The zero-order valence-corrected chi connectivity index (χ0v) is 13.4. The van der Waals surface area contributed by atoms with Gasteiger partial charge in [-0.25, -0.2) is 9.89 Å². The molecule has 25 heavy (non-hydrogen) atoms. The van der Waals surface area contributed by atoms with Crippen molar-refractivity contribution in [1.29, 1.82) is 0 Å². The number of hydrogen-bond acceptors (Lipinski definition) is 5. The summed E-state index contributed by atoms with van der Waals surface area (Å²) < 4.78 is 44.6. The molecular weight excluding hydrogens is 337 g/mol. The Bertz CT molecular complexity index is 776. The van der Waals surface area contributed by atoms with Crippen molar-refractivity contribution < 1.29 is 17.6 Å². The minimum atomic E-state index is -4.48. The van der Waals surface area contributed by atoms with Crippen LogP contribution in [0.25, 0.3) is 11.5 Å². The van der Waals surface area contributed by atoms with Gasteiger partial charge in [0.2, 0.25) is 5.89 Å². The number of alkyl halides is 3. The number of nitrogens with zero attached hydrogens (tertiary/aromatic N) is 1. The SMILES string of the molecule is NC1CCC(CNc2cc(-c3n[nH]c(=O)o3)ccc2C(F)(F)F)CC1. The molecule has 0 spiro atoms. The molecule has 1 aromatic heterocycles. The van der Waals surface area contributed by atoms with E-state index in [-0.39, 0.29) is 23.5 Å². The van der Waals surface area contributed by atoms with Crippen molar-refractivity contribution in [1.82, 2.24) is 10.2 Å². The van der Waals surface area contributed by atoms with Crippen LogP contribution in [-0.4, -0.2) is 22.8 Å². The van der Waals surface area contributed by atoms with Gasteiger partial charge in [0.25, 0.3) is 0 Å². The van der Waals surface area contributed by atoms with Crippen LogP contribution < -0.4 is 16.8 Å². The molecule has 136 valence electrons. The Labute approximate surface area is 141 Å². The number of hydrogen-bond donors (Lipinski definition) is 3. The molecule has 1 aliphatic carbocycles. The summed E-state index contributed by atoms with van der Waals surface area (Å²) in [5.41, 5.74) is 5.34. The monoisotopic (exact) mass is 356 g/mol. The summed E-state index contributed by atoms with van der Waals surface area (Å²) >= 11 is 0. The summed E-state index contributed by atoms with van der Waals surface area (Å²) in [6, 6.07) is 3.68. The summed E-state index contributed by atoms with van der Waals surface area (Å²) in [7, 11) is 0. The number of halogens is 3. The average molecular weight is 356 g/mol. The maximum atomic E-state index is 13.3. The minimum absolute atomic E-state index is 0.0504. The normalized spacial score (nSPS) is 21.3. The summed E-state index contributed by atoms with van der Waals surface area (Å²) in [6.45, 7) is 0.434. The Balaban J connectivity index is 1.82. The number of nitrogens with two attached hydrogens (primary N) is 1. The maximum Gasteiger partial charge on any atom is 0.434 e. The van der Waals surface area contributed by atoms with Gasteiger partial charge in [-0.05, 0) is 49.8 Å². The number of rotatable bonds is 4. The van der Waals surface area contributed by atoms with Gasteiger partial charge in [0.1, 0.15) is 0 Å². The largest absolute Gasteiger partial charge is 0.434 e. The van der Waals surface area contributed by atoms with Gasteiger partial charge in [0.15, 0.2) is 0 Å². The van der Waals surface area contributed by atoms with E-state index in [1.165, 1.54) is 12.1 Å². The first-order valence-corrected chi connectivity index (χ1v) is 8.09. The highest BCUT2D eigenvalue weighted by Gasteiger charge is 2.34. The predicted octanol–water partition coefficient (Wildman–Crippen LogP) is 2.98. The number of anilines is 1. The lowest BCUT2D eigenvalue weighted by atomic mass is 9.86. The highest BCUT2D eigenvalue weighted by Crippen LogP contribution is 2.37. The summed E-state index contributed by atoms with van der Waals surface area (Å²) in [6.07, 6.45) is -0.928. The van der Waals surface area contributed by atoms with Crippen LogP contribution >= 0.6 is 0 Å². The second-order valence-electron chi connectivity index (χ2n) is 6.34. The molecule has 0 unspecified atom stereocenters. The van der Waals surface area contributed by atoms with Gasteiger partial charge >= 0.3 is 11.9 Å². The quantitative estimate of drug-likeness (QED) is 0.782. The van der Waals surface area contributed by atoms with Crippen molar-refractivity contribution in [2.75, 3.05) is 11.9 Å². The van der Waals surface area contributed by atoms with Crippen molar-refractivity contribution in [3.63, 3.8) is 0 Å². The third kappa shape index (κ3) is 4.22. The van der Waals surface area contributed by atoms with Gasteiger partial charge in [-0.3, -0.25) is 0 Å². The number of nitrogens with one attached hydrogen (secondary N) is 2. The van der Waals surface area contributed by atoms with Gasteiger partial charge in [0.05, 0.1) is 5.56 Å². The molecule has 1 saturated carbocycles. The molecule has 1 aliphatic rings. The summed E-state index contributed by atoms with van der Waals surface area (Å²) in [5.74, 6) is -0.527. The zero-order chi connectivity index (χ0) is 18.0. The van der Waals surface area contributed by atoms with Gasteiger partial charge < -0.3 is 15.5 Å². The van der Waals surface area contributed by atoms with Crippen LogP contribution in [0.15, 0.2) is 27.4 Å². The van der Waals surface area contributed by atoms with Crippen LogP contribution in [0, 0.1) is 5.92 Å². The Kier molecular flexibility index (Phi) is 4.85. The third-order valence-corrected chi connectivity index (χ3v) is 4.48. The molecule has 9 heteroatoms. The second-order valence-corrected chi connectivity index (χ2v) is 6.34. The van der Waals surface area contributed by atoms with E-state index in [2.05, 4.69) is 15.5 Å². The fraction of sp³-hybridized carbons (Fsp3) is 0.500. The minimum Gasteiger partial charge on any atom is -0.388 e. The topological polar surface area (TPSA) is 96.9 Å². The predicted molar refractivity (Wildman–Crippen MR) is 86.0 cm³/mol. The van der Waals surface area contributed by atoms with E-state index in [0.29, 0.717) is 12.1 Å². The molecule has 6 nitrogen and oxygen atoms in total. The van der Waals surface area contributed by atoms with Crippen molar-refractivity contribution >= 4 is 5.69 Å². The first kappa shape index (κ1) is 17.5. The Morgan fingerprint density at radius 1 is 1.28 bits per heavy atom. The Morgan fingerprint density at radius 3 is 2.60 bits per heavy atom. The summed E-state index contributed by atoms with van der Waals surface area (Å²) in [5, 5.41) is 8.65. The highest BCUT2D eigenvalue weighted by atomic mass is 19.4. The number of benzene rings is 1. The van der Waals surface area contributed by atoms with E-state index in [9.17, 15) is 18.0 Å². The van der Waals surface area contributed by atoms with Crippen molar-refractivity contribution in [3.05, 3.63) is 34.3 Å². The molecule has 0 saturated heterocycles. The molecule has 0 aliphatic heterocycles. The third-order valence-electron chi connectivity index (χ3n) is 4.48. The molecule has 3 rings (SSSR count). The zero-order valence-electron chi connectivity index (χ0n) is 13.4. The first-order valence-electron chi connectivity index (χ1n) is 8.09. The smallest absolute Gasteiger partial charge is 0.388 e. The van der Waals surface area contributed by atoms with Gasteiger partial charge in [0, 0.05) is 23.8 Å². The van der Waals surface area contributed by atoms with Gasteiger partial charge in [-0.15, -0.1) is 5.10 Å². The molecule has 0 radical (unpaired) electrons. The molecule has 0 amide bonds. The van der Waals surface area contributed by atoms with Crippen LogP contribution in [0.2, 0.25) is 0 Å². The second kappa shape index (κ2) is 6.91. The van der Waals surface area contributed by atoms with E-state index in [1.54, 1.807) is 0 Å². The average Bonchev–Trinajstić information content (AvgIpc) is 3.00. The van der Waals surface area contributed by atoms with Crippen LogP contribution in [0.4, 0.5) is 18.9 Å². The van der Waals surface area contributed by atoms with Crippen LogP contribution in [0.5, 0.6) is 0 Å². The molecule has 1 fully saturated rings. The van der Waals surface area contributed by atoms with E-state index in [1.807, 2.05) is 0 Å². The standard InChI is InChI=1S/C16H19F3N4O2/c17-16(18,19)12-6-3-10(14-22-23-15(24)25-14)7-13(12)21-8-9-1-4-11(20)5-2-9/h3,6-7,9,11,21H,1-2,4-5,8,20H2,(H,23,24). The molecule has 1 aromatic carbocycles. The van der Waals surface area contributed by atoms with Gasteiger partial charge in [-0.2, -0.15) is 13.2 Å². The lowest BCUT2D eigenvalue weighted by molar-refractivity contribution is -0.136. The fourth-order valence-corrected chi connectivity index (χ4v) is 3.07. The lowest BCUT2D eigenvalue weighted by Gasteiger charge is -2.27. The van der Waals surface area contributed by atoms with Crippen LogP contribution in [-0.2, 0) is 6.18 Å². The van der Waals surface area contributed by atoms with E-state index < -0.39 is 17.5 Å². The van der Waals surface area contributed by atoms with Crippen molar-refractivity contribution in [3.8, 4) is 11.5 Å². The fourth-order valence-electron chi connectivity index (χ4n) is 3.07. The Morgan fingerprint density at radius 2 is 2.00 bits per heavy atom. The molecule has 0 bridgehead atoms. The number of H-pyrrole nitrogens is 1. The van der Waals surface area contributed by atoms with Crippen molar-refractivity contribution in [2.45, 2.75) is 37.9 Å². The maximum absolute atomic E-state index is 13.3. The Hall–Kier alpha value is -2.29. The van der Waals surface area contributed by atoms with E-state index >= 15 is 0 Å². The van der Waals surface area contributed by atoms with Crippen LogP contribution in [0.1, 0.15) is 31.2 Å². The molecule has 4 N–H and O–H groups in total. The van der Waals surface area contributed by atoms with Crippen LogP contribution in [0.3, 0.4) is 0 Å². The number of aromatic amines is 1. The van der Waals surface area contributed by atoms with E-state index in [4.69, 9.17) is 10.2 Å². The molecule has 1 heterocycles. The highest BCUT2D eigenvalue weighted by molar-refractivity contribution is 5.65. The van der Waals surface area contributed by atoms with Crippen molar-refractivity contribution in [2.24, 2.45) is 11.7 Å². The molecule has 0 atom stereocenters. The van der Waals surface area contributed by atoms with Gasteiger partial charge in [-0.1, -0.05) is 0 Å². The first-order chi connectivity index (χ1) is 11.8. The molecule has 2 aromatic rings.